The summed E-state index contributed by atoms with van der Waals surface area (Å²) in [6.45, 7) is 3.44. The van der Waals surface area contributed by atoms with E-state index in [0.29, 0.717) is 35.0 Å². The average molecular weight is 430 g/mol. The Balaban J connectivity index is 1.75. The maximum absolute atomic E-state index is 12.1. The van der Waals surface area contributed by atoms with Crippen molar-refractivity contribution in [3.05, 3.63) is 54.0 Å². The summed E-state index contributed by atoms with van der Waals surface area (Å²) in [5, 5.41) is 12.0. The summed E-state index contributed by atoms with van der Waals surface area (Å²) < 4.78 is 23.1. The summed E-state index contributed by atoms with van der Waals surface area (Å²) in [7, 11) is -3.42. The molecule has 3 rings (SSSR count). The molecule has 0 unspecified atom stereocenters. The Bertz CT molecular complexity index is 1140. The number of hydrogen-bond donors (Lipinski definition) is 4. The monoisotopic (exact) mass is 429 g/mol. The molecule has 0 bridgehead atoms. The fourth-order valence-electron chi connectivity index (χ4n) is 2.53. The van der Waals surface area contributed by atoms with Crippen LogP contribution in [0, 0.1) is 0 Å². The molecule has 0 aliphatic carbocycles. The van der Waals surface area contributed by atoms with Crippen LogP contribution < -0.4 is 16.4 Å². The number of nitrogens with zero attached hydrogens (tertiary/aromatic N) is 3. The highest BCUT2D eigenvalue weighted by molar-refractivity contribution is 7.91. The lowest BCUT2D eigenvalue weighted by Gasteiger charge is -2.22. The first kappa shape index (κ1) is 21.2. The zero-order valence-electron chi connectivity index (χ0n) is 16.8. The van der Waals surface area contributed by atoms with Crippen molar-refractivity contribution in [2.45, 2.75) is 25.1 Å². The number of sulfone groups is 1. The van der Waals surface area contributed by atoms with Crippen molar-refractivity contribution in [2.24, 2.45) is 0 Å². The molecule has 11 heteroatoms. The summed E-state index contributed by atoms with van der Waals surface area (Å²) in [5.41, 5.74) is 8.12. The van der Waals surface area contributed by atoms with Crippen molar-refractivity contribution in [3.8, 4) is 11.4 Å². The minimum atomic E-state index is -3.42. The van der Waals surface area contributed by atoms with Gasteiger partial charge in [0, 0.05) is 29.8 Å². The van der Waals surface area contributed by atoms with Gasteiger partial charge in [0.2, 0.25) is 0 Å². The van der Waals surface area contributed by atoms with Crippen LogP contribution in [0.15, 0.2) is 42.6 Å². The molecule has 0 saturated carbocycles. The number of nitrogens with one attached hydrogen (secondary N) is 3. The SMILES string of the molecule is CC(C)(c1cc(N)nc(-c2ccc(NC(=O)NCc3cc[nH]n3)cc2)n1)S(C)(=O)=O. The first-order valence-corrected chi connectivity index (χ1v) is 10.9. The van der Waals surface area contributed by atoms with Crippen LogP contribution in [-0.4, -0.2) is 40.9 Å². The summed E-state index contributed by atoms with van der Waals surface area (Å²) in [6, 6.07) is 9.67. The number of anilines is 2. The first-order valence-electron chi connectivity index (χ1n) is 9.05. The standard InChI is InChI=1S/C19H23N7O3S/c1-19(2,30(3,28)29)15-10-16(20)25-17(24-15)12-4-6-13(7-5-12)23-18(27)21-11-14-8-9-22-26-14/h4-10H,11H2,1-3H3,(H,22,26)(H2,20,24,25)(H2,21,23,27). The van der Waals surface area contributed by atoms with Crippen molar-refractivity contribution < 1.29 is 13.2 Å². The normalized spacial score (nSPS) is 11.8. The molecule has 3 aromatic rings. The number of urea groups is 1. The van der Waals surface area contributed by atoms with Crippen molar-refractivity contribution in [1.82, 2.24) is 25.5 Å². The maximum atomic E-state index is 12.1. The van der Waals surface area contributed by atoms with Gasteiger partial charge in [-0.05, 0) is 44.2 Å². The molecule has 30 heavy (non-hydrogen) atoms. The van der Waals surface area contributed by atoms with Gasteiger partial charge in [-0.1, -0.05) is 0 Å². The van der Waals surface area contributed by atoms with Crippen LogP contribution in [0.3, 0.4) is 0 Å². The molecular formula is C19H23N7O3S. The van der Waals surface area contributed by atoms with Gasteiger partial charge >= 0.3 is 6.03 Å². The maximum Gasteiger partial charge on any atom is 0.319 e. The van der Waals surface area contributed by atoms with Crippen LogP contribution in [0.4, 0.5) is 16.3 Å². The highest BCUT2D eigenvalue weighted by Crippen LogP contribution is 2.30. The minimum Gasteiger partial charge on any atom is -0.384 e. The van der Waals surface area contributed by atoms with Gasteiger partial charge in [0.1, 0.15) is 10.6 Å². The number of nitrogens with two attached hydrogens (primary N) is 1. The van der Waals surface area contributed by atoms with E-state index in [1.54, 1.807) is 50.4 Å². The van der Waals surface area contributed by atoms with Crippen molar-refractivity contribution in [3.63, 3.8) is 0 Å². The number of nitrogen functional groups attached to an aromatic ring is 1. The Morgan fingerprint density at radius 3 is 2.47 bits per heavy atom. The van der Waals surface area contributed by atoms with Gasteiger partial charge in [-0.2, -0.15) is 5.10 Å². The van der Waals surface area contributed by atoms with Gasteiger partial charge in [-0.3, -0.25) is 5.10 Å². The number of benzene rings is 1. The highest BCUT2D eigenvalue weighted by atomic mass is 32.2. The summed E-state index contributed by atoms with van der Waals surface area (Å²) in [6.07, 6.45) is 2.83. The lowest BCUT2D eigenvalue weighted by molar-refractivity contribution is 0.251. The van der Waals surface area contributed by atoms with Crippen LogP contribution >= 0.6 is 0 Å². The zero-order chi connectivity index (χ0) is 21.9. The molecule has 0 aliphatic heterocycles. The smallest absolute Gasteiger partial charge is 0.319 e. The molecule has 2 heterocycles. The van der Waals surface area contributed by atoms with Crippen LogP contribution in [0.1, 0.15) is 25.2 Å². The molecule has 10 nitrogen and oxygen atoms in total. The van der Waals surface area contributed by atoms with Gasteiger partial charge in [0.05, 0.1) is 17.9 Å². The van der Waals surface area contributed by atoms with Gasteiger partial charge < -0.3 is 16.4 Å². The van der Waals surface area contributed by atoms with Crippen molar-refractivity contribution in [2.75, 3.05) is 17.3 Å². The van der Waals surface area contributed by atoms with Crippen LogP contribution in [-0.2, 0) is 21.1 Å². The number of carbonyl (C=O) groups is 1. The third-order valence-corrected chi connectivity index (χ3v) is 6.74. The number of carbonyl (C=O) groups excluding carboxylic acids is 1. The Kier molecular flexibility index (Phi) is 5.74. The number of hydrogen-bond acceptors (Lipinski definition) is 7. The molecule has 0 spiro atoms. The first-order chi connectivity index (χ1) is 14.1. The number of H-pyrrole nitrogens is 1. The molecule has 2 amide bonds. The Hall–Kier alpha value is -3.47. The van der Waals surface area contributed by atoms with E-state index in [1.807, 2.05) is 0 Å². The summed E-state index contributed by atoms with van der Waals surface area (Å²) in [4.78, 5) is 20.6. The van der Waals surface area contributed by atoms with Gasteiger partial charge in [0.25, 0.3) is 0 Å². The Morgan fingerprint density at radius 2 is 1.87 bits per heavy atom. The van der Waals surface area contributed by atoms with Crippen LogP contribution in [0.2, 0.25) is 0 Å². The highest BCUT2D eigenvalue weighted by Gasteiger charge is 2.34. The van der Waals surface area contributed by atoms with E-state index in [-0.39, 0.29) is 11.8 Å². The molecule has 0 fully saturated rings. The molecule has 2 aromatic heterocycles. The largest absolute Gasteiger partial charge is 0.384 e. The molecule has 0 atom stereocenters. The third-order valence-electron chi connectivity index (χ3n) is 4.68. The quantitative estimate of drug-likeness (QED) is 0.467. The average Bonchev–Trinajstić information content (AvgIpc) is 3.19. The molecule has 0 radical (unpaired) electrons. The molecule has 5 N–H and O–H groups in total. The second-order valence-corrected chi connectivity index (χ2v) is 9.80. The molecule has 1 aromatic carbocycles. The molecular weight excluding hydrogens is 406 g/mol. The van der Waals surface area contributed by atoms with Gasteiger partial charge in [-0.25, -0.2) is 23.2 Å². The van der Waals surface area contributed by atoms with E-state index in [9.17, 15) is 13.2 Å². The van der Waals surface area contributed by atoms with Crippen molar-refractivity contribution in [1.29, 1.82) is 0 Å². The number of rotatable bonds is 6. The number of aromatic amines is 1. The minimum absolute atomic E-state index is 0.173. The van der Waals surface area contributed by atoms with E-state index in [0.717, 1.165) is 6.26 Å². The second-order valence-electron chi connectivity index (χ2n) is 7.23. The van der Waals surface area contributed by atoms with E-state index in [2.05, 4.69) is 30.8 Å². The van der Waals surface area contributed by atoms with E-state index in [4.69, 9.17) is 5.73 Å². The van der Waals surface area contributed by atoms with Crippen LogP contribution in [0.25, 0.3) is 11.4 Å². The fraction of sp³-hybridized carbons (Fsp3) is 0.263. The number of amides is 2. The second kappa shape index (κ2) is 8.11. The predicted octanol–water partition coefficient (Wildman–Crippen LogP) is 2.05. The van der Waals surface area contributed by atoms with Crippen LogP contribution in [0.5, 0.6) is 0 Å². The Labute approximate surface area is 174 Å². The van der Waals surface area contributed by atoms with E-state index < -0.39 is 14.6 Å². The van der Waals surface area contributed by atoms with Crippen molar-refractivity contribution >= 4 is 27.4 Å². The topological polar surface area (TPSA) is 156 Å². The summed E-state index contributed by atoms with van der Waals surface area (Å²) >= 11 is 0. The molecule has 0 saturated heterocycles. The lowest BCUT2D eigenvalue weighted by atomic mass is 10.1. The molecule has 158 valence electrons. The Morgan fingerprint density at radius 1 is 1.17 bits per heavy atom. The molecule has 0 aliphatic rings. The van der Waals surface area contributed by atoms with E-state index >= 15 is 0 Å². The third kappa shape index (κ3) is 4.74. The lowest BCUT2D eigenvalue weighted by Crippen LogP contribution is -2.29. The fourth-order valence-corrected chi connectivity index (χ4v) is 3.02. The zero-order valence-corrected chi connectivity index (χ0v) is 17.6. The number of aromatic nitrogens is 4. The predicted molar refractivity (Wildman–Crippen MR) is 114 cm³/mol. The summed E-state index contributed by atoms with van der Waals surface area (Å²) in [5.74, 6) is 0.475. The van der Waals surface area contributed by atoms with Gasteiger partial charge in [0.15, 0.2) is 15.7 Å². The van der Waals surface area contributed by atoms with E-state index in [1.165, 1.54) is 6.07 Å². The van der Waals surface area contributed by atoms with Gasteiger partial charge in [-0.15, -0.1) is 0 Å².